The minimum absolute atomic E-state index is 0.215. The van der Waals surface area contributed by atoms with Crippen LogP contribution < -0.4 is 4.90 Å². The number of anilines is 1. The van der Waals surface area contributed by atoms with Crippen molar-refractivity contribution in [3.8, 4) is 0 Å². The Bertz CT molecular complexity index is 1060. The van der Waals surface area contributed by atoms with Crippen molar-refractivity contribution in [2.24, 2.45) is 4.99 Å². The third-order valence-corrected chi connectivity index (χ3v) is 5.81. The number of nitrogens with zero attached hydrogens (tertiary/aromatic N) is 2. The van der Waals surface area contributed by atoms with Crippen molar-refractivity contribution in [1.29, 1.82) is 0 Å². The Morgan fingerprint density at radius 2 is 1.67 bits per heavy atom. The van der Waals surface area contributed by atoms with Crippen LogP contribution in [0.3, 0.4) is 0 Å². The molecule has 3 aromatic carbocycles. The predicted molar refractivity (Wildman–Crippen MR) is 131 cm³/mol. The summed E-state index contributed by atoms with van der Waals surface area (Å²) >= 11 is 0. The molecule has 4 rings (SSSR count). The van der Waals surface area contributed by atoms with Gasteiger partial charge in [0.1, 0.15) is 0 Å². The summed E-state index contributed by atoms with van der Waals surface area (Å²) < 4.78 is 0. The summed E-state index contributed by atoms with van der Waals surface area (Å²) in [5.74, 6) is 0.215. The first-order valence-corrected chi connectivity index (χ1v) is 10.9. The molecule has 0 heterocycles. The molecule has 0 N–H and O–H groups in total. The molecule has 2 heteroatoms. The quantitative estimate of drug-likeness (QED) is 0.323. The molecule has 0 fully saturated rings. The molecule has 1 unspecified atom stereocenters. The van der Waals surface area contributed by atoms with Gasteiger partial charge in [-0.25, -0.2) is 0 Å². The summed E-state index contributed by atoms with van der Waals surface area (Å²) in [5, 5.41) is 0. The molecular weight excluding hydrogens is 364 g/mol. The van der Waals surface area contributed by atoms with Gasteiger partial charge in [0.25, 0.3) is 0 Å². The van der Waals surface area contributed by atoms with Gasteiger partial charge in [0, 0.05) is 38.5 Å². The van der Waals surface area contributed by atoms with E-state index >= 15 is 0 Å². The van der Waals surface area contributed by atoms with E-state index < -0.39 is 0 Å². The first kappa shape index (κ1) is 20.2. The molecule has 0 aromatic heterocycles. The Hall–Kier alpha value is -3.13. The topological polar surface area (TPSA) is 15.6 Å². The summed E-state index contributed by atoms with van der Waals surface area (Å²) in [6, 6.07) is 26.3. The van der Waals surface area contributed by atoms with Gasteiger partial charge in [-0.05, 0) is 58.0 Å². The minimum atomic E-state index is 0.215. The number of hydrogen-bond acceptors (Lipinski definition) is 2. The maximum absolute atomic E-state index is 4.75. The number of hydrogen-bond donors (Lipinski definition) is 0. The minimum Gasteiger partial charge on any atom is -0.378 e. The van der Waals surface area contributed by atoms with Crippen LogP contribution in [0.1, 0.15) is 53.5 Å². The van der Waals surface area contributed by atoms with Crippen LogP contribution in [-0.2, 0) is 0 Å². The third-order valence-electron chi connectivity index (χ3n) is 5.81. The Morgan fingerprint density at radius 1 is 0.900 bits per heavy atom. The molecule has 152 valence electrons. The monoisotopic (exact) mass is 394 g/mol. The van der Waals surface area contributed by atoms with Crippen LogP contribution in [0.2, 0.25) is 0 Å². The fraction of sp³-hybridized carbons (Fsp3) is 0.250. The second kappa shape index (κ2) is 9.13. The molecule has 1 aliphatic rings. The number of benzene rings is 3. The number of rotatable bonds is 7. The smallest absolute Gasteiger partial charge is 0.0389 e. The lowest BCUT2D eigenvalue weighted by molar-refractivity contribution is 0.810. The molecule has 30 heavy (non-hydrogen) atoms. The van der Waals surface area contributed by atoms with Gasteiger partial charge in [0.15, 0.2) is 0 Å². The normalized spacial score (nSPS) is 15.3. The SMILES string of the molecule is CCCCN=Cc1cc(N(C)C)ccc1C1C(c2ccccc2)=Cc2ccccc21. The Labute approximate surface area is 180 Å². The van der Waals surface area contributed by atoms with Gasteiger partial charge in [-0.1, -0.05) is 74.0 Å². The molecule has 0 saturated heterocycles. The van der Waals surface area contributed by atoms with Gasteiger partial charge >= 0.3 is 0 Å². The molecule has 3 aromatic rings. The average Bonchev–Trinajstić information content (AvgIpc) is 3.16. The molecule has 0 bridgehead atoms. The van der Waals surface area contributed by atoms with Crippen LogP contribution in [0.5, 0.6) is 0 Å². The zero-order valence-electron chi connectivity index (χ0n) is 18.2. The molecule has 0 radical (unpaired) electrons. The number of unbranched alkanes of at least 4 members (excludes halogenated alkanes) is 1. The highest BCUT2D eigenvalue weighted by Crippen LogP contribution is 2.46. The number of fused-ring (bicyclic) bond motifs is 1. The second-order valence-electron chi connectivity index (χ2n) is 8.12. The third kappa shape index (κ3) is 4.09. The van der Waals surface area contributed by atoms with Crippen LogP contribution in [0.15, 0.2) is 77.8 Å². The lowest BCUT2D eigenvalue weighted by Gasteiger charge is -2.22. The van der Waals surface area contributed by atoms with Crippen LogP contribution in [-0.4, -0.2) is 26.9 Å². The van der Waals surface area contributed by atoms with Crippen LogP contribution in [0.4, 0.5) is 5.69 Å². The maximum atomic E-state index is 4.75. The molecule has 0 spiro atoms. The lowest BCUT2D eigenvalue weighted by Crippen LogP contribution is -2.11. The van der Waals surface area contributed by atoms with E-state index in [-0.39, 0.29) is 5.92 Å². The van der Waals surface area contributed by atoms with Crippen molar-refractivity contribution >= 4 is 23.6 Å². The molecule has 0 aliphatic heterocycles. The van der Waals surface area contributed by atoms with Crippen molar-refractivity contribution in [2.45, 2.75) is 25.7 Å². The van der Waals surface area contributed by atoms with E-state index in [0.717, 1.165) is 13.0 Å². The second-order valence-corrected chi connectivity index (χ2v) is 8.12. The van der Waals surface area contributed by atoms with Crippen molar-refractivity contribution < 1.29 is 0 Å². The number of allylic oxidation sites excluding steroid dienone is 1. The van der Waals surface area contributed by atoms with Gasteiger partial charge < -0.3 is 4.90 Å². The number of aliphatic imine (C=N–C) groups is 1. The van der Waals surface area contributed by atoms with E-state index in [4.69, 9.17) is 4.99 Å². The Kier molecular flexibility index (Phi) is 6.13. The van der Waals surface area contributed by atoms with E-state index in [1.165, 1.54) is 45.5 Å². The molecular formula is C28H30N2. The van der Waals surface area contributed by atoms with E-state index in [9.17, 15) is 0 Å². The molecule has 0 saturated carbocycles. The Balaban J connectivity index is 1.84. The summed E-state index contributed by atoms with van der Waals surface area (Å²) in [6.45, 7) is 3.09. The van der Waals surface area contributed by atoms with Crippen molar-refractivity contribution in [2.75, 3.05) is 25.5 Å². The Morgan fingerprint density at radius 3 is 2.43 bits per heavy atom. The fourth-order valence-corrected chi connectivity index (χ4v) is 4.17. The molecule has 2 nitrogen and oxygen atoms in total. The van der Waals surface area contributed by atoms with Crippen molar-refractivity contribution in [3.05, 3.63) is 101 Å². The standard InChI is InChI=1S/C28H30N2/c1-4-5-17-29-20-23-18-24(30(2)3)15-16-26(23)28-25-14-10-9-13-22(25)19-27(28)21-11-7-6-8-12-21/h6-16,18-20,28H,4-5,17H2,1-3H3. The van der Waals surface area contributed by atoms with Gasteiger partial charge in [0.2, 0.25) is 0 Å². The summed E-state index contributed by atoms with van der Waals surface area (Å²) in [6.07, 6.45) is 6.73. The van der Waals surface area contributed by atoms with E-state index in [1.54, 1.807) is 0 Å². The van der Waals surface area contributed by atoms with E-state index in [1.807, 2.05) is 0 Å². The van der Waals surface area contributed by atoms with Crippen LogP contribution in [0.25, 0.3) is 11.6 Å². The summed E-state index contributed by atoms with van der Waals surface area (Å²) in [7, 11) is 4.18. The van der Waals surface area contributed by atoms with Crippen molar-refractivity contribution in [3.63, 3.8) is 0 Å². The largest absolute Gasteiger partial charge is 0.378 e. The van der Waals surface area contributed by atoms with Crippen molar-refractivity contribution in [1.82, 2.24) is 0 Å². The van der Waals surface area contributed by atoms with Gasteiger partial charge in [0.05, 0.1) is 0 Å². The average molecular weight is 395 g/mol. The predicted octanol–water partition coefficient (Wildman–Crippen LogP) is 6.66. The van der Waals surface area contributed by atoms with Gasteiger partial charge in [-0.2, -0.15) is 0 Å². The fourth-order valence-electron chi connectivity index (χ4n) is 4.17. The highest BCUT2D eigenvalue weighted by molar-refractivity contribution is 5.96. The molecule has 0 amide bonds. The highest BCUT2D eigenvalue weighted by atomic mass is 15.1. The maximum Gasteiger partial charge on any atom is 0.0389 e. The van der Waals surface area contributed by atoms with Gasteiger partial charge in [-0.3, -0.25) is 4.99 Å². The molecule has 1 atom stereocenters. The zero-order valence-corrected chi connectivity index (χ0v) is 18.2. The zero-order chi connectivity index (χ0) is 20.9. The van der Waals surface area contributed by atoms with Gasteiger partial charge in [-0.15, -0.1) is 0 Å². The van der Waals surface area contributed by atoms with E-state index in [0.29, 0.717) is 0 Å². The summed E-state index contributed by atoms with van der Waals surface area (Å²) in [4.78, 5) is 6.91. The van der Waals surface area contributed by atoms with E-state index in [2.05, 4.69) is 111 Å². The lowest BCUT2D eigenvalue weighted by atomic mass is 9.83. The van der Waals surface area contributed by atoms with Crippen LogP contribution >= 0.6 is 0 Å². The van der Waals surface area contributed by atoms with Crippen LogP contribution in [0, 0.1) is 0 Å². The molecule has 1 aliphatic carbocycles. The highest BCUT2D eigenvalue weighted by Gasteiger charge is 2.29. The first-order chi connectivity index (χ1) is 14.7. The summed E-state index contributed by atoms with van der Waals surface area (Å²) in [5.41, 5.74) is 9.06. The first-order valence-electron chi connectivity index (χ1n) is 10.9.